The number of halogens is 2. The predicted octanol–water partition coefficient (Wildman–Crippen LogP) is 6.89. The smallest absolute Gasteiger partial charge is 0.168 e. The Morgan fingerprint density at radius 2 is 0.880 bits per heavy atom. The fourth-order valence-electron chi connectivity index (χ4n) is 2.99. The number of hydrogen-bond acceptors (Lipinski definition) is 3. The van der Waals surface area contributed by atoms with Crippen LogP contribution in [0.1, 0.15) is 90.9 Å². The van der Waals surface area contributed by atoms with Gasteiger partial charge in [-0.25, -0.2) is 0 Å². The molecular weight excluding hydrogens is 359 g/mol. The molecule has 0 fully saturated rings. The van der Waals surface area contributed by atoms with Crippen LogP contribution >= 0.6 is 23.2 Å². The van der Waals surface area contributed by atoms with Crippen LogP contribution in [0.25, 0.3) is 0 Å². The Kier molecular flexibility index (Phi) is 15.8. The van der Waals surface area contributed by atoms with Gasteiger partial charge in [-0.1, -0.05) is 38.5 Å². The van der Waals surface area contributed by atoms with Gasteiger partial charge in [0, 0.05) is 38.8 Å². The van der Waals surface area contributed by atoms with E-state index in [2.05, 4.69) is 0 Å². The van der Waals surface area contributed by atoms with Crippen LogP contribution in [0.15, 0.2) is 0 Å². The van der Waals surface area contributed by atoms with Gasteiger partial charge in [-0.05, 0) is 39.5 Å². The molecule has 3 nitrogen and oxygen atoms in total. The minimum atomic E-state index is -0.601. The van der Waals surface area contributed by atoms with E-state index in [-0.39, 0.29) is 0 Å². The monoisotopic (exact) mass is 398 g/mol. The summed E-state index contributed by atoms with van der Waals surface area (Å²) in [6.45, 7) is 4.03. The fourth-order valence-corrected chi connectivity index (χ4v) is 3.37. The highest BCUT2D eigenvalue weighted by Crippen LogP contribution is 2.31. The Morgan fingerprint density at radius 3 is 1.20 bits per heavy atom. The molecule has 2 atom stereocenters. The van der Waals surface area contributed by atoms with Crippen LogP contribution in [0, 0.1) is 0 Å². The van der Waals surface area contributed by atoms with Gasteiger partial charge >= 0.3 is 0 Å². The minimum Gasteiger partial charge on any atom is -0.353 e. The first-order valence-electron chi connectivity index (χ1n) is 9.87. The summed E-state index contributed by atoms with van der Waals surface area (Å²) in [4.78, 5) is 0. The lowest BCUT2D eigenvalue weighted by Crippen LogP contribution is -2.43. The third kappa shape index (κ3) is 13.3. The molecule has 0 aliphatic carbocycles. The number of hydrogen-bond donors (Lipinski definition) is 0. The van der Waals surface area contributed by atoms with Crippen molar-refractivity contribution in [3.63, 3.8) is 0 Å². The molecule has 152 valence electrons. The summed E-state index contributed by atoms with van der Waals surface area (Å²) in [7, 11) is 3.44. The zero-order chi connectivity index (χ0) is 19.0. The van der Waals surface area contributed by atoms with Gasteiger partial charge in [-0.2, -0.15) is 0 Å². The number of rotatable bonds is 18. The van der Waals surface area contributed by atoms with E-state index < -0.39 is 11.6 Å². The number of ether oxygens (including phenoxy) is 3. The Bertz CT molecular complexity index is 277. The fraction of sp³-hybridized carbons (Fsp3) is 1.00. The lowest BCUT2D eigenvalue weighted by molar-refractivity contribution is -0.339. The van der Waals surface area contributed by atoms with Crippen LogP contribution in [-0.2, 0) is 14.2 Å². The molecule has 0 amide bonds. The Labute approximate surface area is 166 Å². The first-order valence-corrected chi connectivity index (χ1v) is 10.9. The SMILES string of the molecule is COC(C)(CCCCCCCCl)OC(C)(CCCCCCCCl)OC. The van der Waals surface area contributed by atoms with E-state index in [1.54, 1.807) is 14.2 Å². The van der Waals surface area contributed by atoms with Crippen molar-refractivity contribution in [2.75, 3.05) is 26.0 Å². The van der Waals surface area contributed by atoms with Crippen LogP contribution < -0.4 is 0 Å². The average Bonchev–Trinajstić information content (AvgIpc) is 2.61. The Balaban J connectivity index is 4.20. The summed E-state index contributed by atoms with van der Waals surface area (Å²) >= 11 is 11.4. The van der Waals surface area contributed by atoms with Crippen molar-refractivity contribution in [1.29, 1.82) is 0 Å². The van der Waals surface area contributed by atoms with Gasteiger partial charge in [0.2, 0.25) is 0 Å². The molecule has 0 aliphatic heterocycles. The molecule has 0 spiro atoms. The summed E-state index contributed by atoms with van der Waals surface area (Å²) < 4.78 is 17.7. The number of unbranched alkanes of at least 4 members (excludes halogenated alkanes) is 8. The van der Waals surface area contributed by atoms with Crippen LogP contribution in [0.4, 0.5) is 0 Å². The molecule has 2 unspecified atom stereocenters. The maximum Gasteiger partial charge on any atom is 0.168 e. The van der Waals surface area contributed by atoms with Crippen molar-refractivity contribution in [1.82, 2.24) is 0 Å². The van der Waals surface area contributed by atoms with E-state index >= 15 is 0 Å². The van der Waals surface area contributed by atoms with E-state index in [1.165, 1.54) is 38.5 Å². The van der Waals surface area contributed by atoms with E-state index in [9.17, 15) is 0 Å². The van der Waals surface area contributed by atoms with Crippen molar-refractivity contribution in [3.8, 4) is 0 Å². The highest BCUT2D eigenvalue weighted by Gasteiger charge is 2.35. The van der Waals surface area contributed by atoms with Gasteiger partial charge in [0.15, 0.2) is 11.6 Å². The van der Waals surface area contributed by atoms with Crippen LogP contribution in [0.3, 0.4) is 0 Å². The van der Waals surface area contributed by atoms with Crippen molar-refractivity contribution in [3.05, 3.63) is 0 Å². The summed E-state index contributed by atoms with van der Waals surface area (Å²) in [6, 6.07) is 0. The topological polar surface area (TPSA) is 27.7 Å². The molecule has 0 aromatic carbocycles. The van der Waals surface area contributed by atoms with E-state index in [1.807, 2.05) is 13.8 Å². The average molecular weight is 399 g/mol. The molecular formula is C20H40Cl2O3. The quantitative estimate of drug-likeness (QED) is 0.143. The normalized spacial score (nSPS) is 16.6. The maximum absolute atomic E-state index is 6.29. The molecule has 0 saturated carbocycles. The third-order valence-corrected chi connectivity index (χ3v) is 5.36. The molecule has 0 radical (unpaired) electrons. The second kappa shape index (κ2) is 15.5. The van der Waals surface area contributed by atoms with E-state index in [0.29, 0.717) is 0 Å². The van der Waals surface area contributed by atoms with Gasteiger partial charge in [0.25, 0.3) is 0 Å². The lowest BCUT2D eigenvalue weighted by Gasteiger charge is -2.38. The Morgan fingerprint density at radius 1 is 0.560 bits per heavy atom. The molecule has 0 aromatic rings. The highest BCUT2D eigenvalue weighted by atomic mass is 35.5. The molecule has 0 heterocycles. The zero-order valence-electron chi connectivity index (χ0n) is 16.9. The highest BCUT2D eigenvalue weighted by molar-refractivity contribution is 6.18. The molecule has 0 aromatic heterocycles. The van der Waals surface area contributed by atoms with Crippen molar-refractivity contribution >= 4 is 23.2 Å². The molecule has 0 rings (SSSR count). The second-order valence-corrected chi connectivity index (χ2v) is 7.95. The minimum absolute atomic E-state index is 0.601. The molecule has 0 aliphatic rings. The summed E-state index contributed by atoms with van der Waals surface area (Å²) in [5.41, 5.74) is 0. The van der Waals surface area contributed by atoms with E-state index in [0.717, 1.165) is 50.3 Å². The van der Waals surface area contributed by atoms with Gasteiger partial charge in [-0.3, -0.25) is 0 Å². The van der Waals surface area contributed by atoms with Gasteiger partial charge in [-0.15, -0.1) is 23.2 Å². The molecule has 0 bridgehead atoms. The van der Waals surface area contributed by atoms with Crippen LogP contribution in [-0.4, -0.2) is 37.6 Å². The van der Waals surface area contributed by atoms with Gasteiger partial charge < -0.3 is 14.2 Å². The first kappa shape index (κ1) is 25.5. The molecule has 0 saturated heterocycles. The third-order valence-electron chi connectivity index (χ3n) is 4.82. The van der Waals surface area contributed by atoms with Gasteiger partial charge in [0.05, 0.1) is 0 Å². The molecule has 25 heavy (non-hydrogen) atoms. The standard InChI is InChI=1S/C20H40Cl2O3/c1-19(23-3,15-11-7-5-9-13-17-21)25-20(2,24-4)16-12-8-6-10-14-18-22/h5-18H2,1-4H3. The largest absolute Gasteiger partial charge is 0.353 e. The lowest BCUT2D eigenvalue weighted by atomic mass is 10.0. The zero-order valence-corrected chi connectivity index (χ0v) is 18.4. The van der Waals surface area contributed by atoms with E-state index in [4.69, 9.17) is 37.4 Å². The first-order chi connectivity index (χ1) is 11.9. The second-order valence-electron chi connectivity index (χ2n) is 7.19. The Hall–Kier alpha value is 0.460. The van der Waals surface area contributed by atoms with Crippen molar-refractivity contribution in [2.45, 2.75) is 102 Å². The summed E-state index contributed by atoms with van der Waals surface area (Å²) in [6.07, 6.45) is 13.3. The van der Waals surface area contributed by atoms with Gasteiger partial charge in [0.1, 0.15) is 0 Å². The van der Waals surface area contributed by atoms with Crippen LogP contribution in [0.2, 0.25) is 0 Å². The van der Waals surface area contributed by atoms with Crippen LogP contribution in [0.5, 0.6) is 0 Å². The van der Waals surface area contributed by atoms with Crippen molar-refractivity contribution < 1.29 is 14.2 Å². The summed E-state index contributed by atoms with van der Waals surface area (Å²) in [5, 5.41) is 0. The van der Waals surface area contributed by atoms with Crippen molar-refractivity contribution in [2.24, 2.45) is 0 Å². The number of alkyl halides is 2. The molecule has 0 N–H and O–H groups in total. The molecule has 5 heteroatoms. The summed E-state index contributed by atoms with van der Waals surface area (Å²) in [5.74, 6) is 0.319. The number of methoxy groups -OCH3 is 2. The maximum atomic E-state index is 6.29. The predicted molar refractivity (Wildman–Crippen MR) is 109 cm³/mol.